The van der Waals surface area contributed by atoms with E-state index in [1.807, 2.05) is 47.5 Å². The maximum absolute atomic E-state index is 13.2. The van der Waals surface area contributed by atoms with Gasteiger partial charge in [0.25, 0.3) is 5.91 Å². The number of para-hydroxylation sites is 1. The molecule has 3 aromatic carbocycles. The molecule has 1 unspecified atom stereocenters. The van der Waals surface area contributed by atoms with Crippen LogP contribution in [-0.4, -0.2) is 72.0 Å². The Morgan fingerprint density at radius 1 is 1.00 bits per heavy atom. The summed E-state index contributed by atoms with van der Waals surface area (Å²) in [4.78, 5) is 33.3. The zero-order valence-electron chi connectivity index (χ0n) is 21.6. The molecule has 202 valence electrons. The first-order valence-corrected chi connectivity index (χ1v) is 13.5. The number of nitrogens with one attached hydrogen (secondary N) is 2. The molecule has 0 radical (unpaired) electrons. The van der Waals surface area contributed by atoms with Crippen LogP contribution in [0.2, 0.25) is 5.02 Å². The van der Waals surface area contributed by atoms with Gasteiger partial charge in [-0.25, -0.2) is 0 Å². The number of nitrogens with two attached hydrogens (primary N) is 1. The Morgan fingerprint density at radius 2 is 1.77 bits per heavy atom. The Hall–Kier alpha value is -3.85. The Bertz CT molecular complexity index is 1430. The number of benzene rings is 3. The largest absolute Gasteiger partial charge is 0.492 e. The SMILES string of the molecule is NC(Cc1c[nH]c2ccccc12)C(=O)Nc1cccc(C(=O)N2CCN(CCOc3ccc(Cl)cc3)CC2)c1. The molecule has 2 heterocycles. The fourth-order valence-electron chi connectivity index (χ4n) is 4.78. The van der Waals surface area contributed by atoms with Crippen LogP contribution in [0.15, 0.2) is 79.0 Å². The lowest BCUT2D eigenvalue weighted by Crippen LogP contribution is -2.49. The van der Waals surface area contributed by atoms with E-state index in [9.17, 15) is 9.59 Å². The minimum atomic E-state index is -0.722. The summed E-state index contributed by atoms with van der Waals surface area (Å²) >= 11 is 5.91. The number of ether oxygens (including phenoxy) is 1. The predicted octanol–water partition coefficient (Wildman–Crippen LogP) is 4.17. The highest BCUT2D eigenvalue weighted by atomic mass is 35.5. The van der Waals surface area contributed by atoms with Crippen LogP contribution in [0.25, 0.3) is 10.9 Å². The molecule has 1 aromatic heterocycles. The Kier molecular flexibility index (Phi) is 8.46. The zero-order valence-corrected chi connectivity index (χ0v) is 22.4. The van der Waals surface area contributed by atoms with Crippen molar-refractivity contribution in [1.82, 2.24) is 14.8 Å². The molecular weight excluding hydrogens is 514 g/mol. The van der Waals surface area contributed by atoms with Gasteiger partial charge in [-0.05, 0) is 60.5 Å². The molecule has 2 amide bonds. The van der Waals surface area contributed by atoms with Gasteiger partial charge in [-0.3, -0.25) is 14.5 Å². The summed E-state index contributed by atoms with van der Waals surface area (Å²) in [6, 6.07) is 21.6. The zero-order chi connectivity index (χ0) is 27.2. The van der Waals surface area contributed by atoms with E-state index >= 15 is 0 Å². The summed E-state index contributed by atoms with van der Waals surface area (Å²) in [5.41, 5.74) is 9.33. The van der Waals surface area contributed by atoms with E-state index in [1.54, 1.807) is 36.4 Å². The van der Waals surface area contributed by atoms with E-state index in [4.69, 9.17) is 22.1 Å². The number of amides is 2. The van der Waals surface area contributed by atoms with Gasteiger partial charge in [0.05, 0.1) is 6.04 Å². The summed E-state index contributed by atoms with van der Waals surface area (Å²) in [6.45, 7) is 4.16. The number of rotatable bonds is 9. The summed E-state index contributed by atoms with van der Waals surface area (Å²) in [5.74, 6) is 0.449. The number of nitrogens with zero attached hydrogens (tertiary/aromatic N) is 2. The van der Waals surface area contributed by atoms with Crippen molar-refractivity contribution in [2.45, 2.75) is 12.5 Å². The number of anilines is 1. The normalized spacial score (nSPS) is 14.8. The van der Waals surface area contributed by atoms with E-state index < -0.39 is 6.04 Å². The number of carbonyl (C=O) groups excluding carboxylic acids is 2. The van der Waals surface area contributed by atoms with E-state index in [0.717, 1.165) is 41.9 Å². The molecule has 8 nitrogen and oxygen atoms in total. The molecule has 1 saturated heterocycles. The number of aromatic amines is 1. The Morgan fingerprint density at radius 3 is 2.56 bits per heavy atom. The van der Waals surface area contributed by atoms with Gasteiger partial charge in [0, 0.05) is 66.1 Å². The molecule has 4 N–H and O–H groups in total. The van der Waals surface area contributed by atoms with Gasteiger partial charge < -0.3 is 25.7 Å². The van der Waals surface area contributed by atoms with Crippen LogP contribution in [0.4, 0.5) is 5.69 Å². The van der Waals surface area contributed by atoms with Gasteiger partial charge in [-0.1, -0.05) is 35.9 Å². The van der Waals surface area contributed by atoms with Crippen molar-refractivity contribution in [3.05, 3.63) is 95.1 Å². The number of hydrogen-bond acceptors (Lipinski definition) is 5. The molecule has 39 heavy (non-hydrogen) atoms. The summed E-state index contributed by atoms with van der Waals surface area (Å²) in [6.07, 6.45) is 2.30. The first-order chi connectivity index (χ1) is 19.0. The number of hydrogen-bond donors (Lipinski definition) is 3. The fourth-order valence-corrected chi connectivity index (χ4v) is 4.90. The summed E-state index contributed by atoms with van der Waals surface area (Å²) in [7, 11) is 0. The number of piperazine rings is 1. The molecule has 0 saturated carbocycles. The highest BCUT2D eigenvalue weighted by Gasteiger charge is 2.23. The van der Waals surface area contributed by atoms with Crippen LogP contribution in [0.3, 0.4) is 0 Å². The van der Waals surface area contributed by atoms with Crippen molar-refractivity contribution in [2.75, 3.05) is 44.6 Å². The van der Waals surface area contributed by atoms with Gasteiger partial charge in [0.15, 0.2) is 0 Å². The van der Waals surface area contributed by atoms with Gasteiger partial charge >= 0.3 is 0 Å². The van der Waals surface area contributed by atoms with Gasteiger partial charge in [0.2, 0.25) is 5.91 Å². The fraction of sp³-hybridized carbons (Fsp3) is 0.267. The van der Waals surface area contributed by atoms with Crippen molar-refractivity contribution >= 4 is 40.0 Å². The molecule has 0 spiro atoms. The molecule has 1 fully saturated rings. The molecule has 9 heteroatoms. The standard InChI is InChI=1S/C30H32ClN5O3/c31-23-8-10-25(11-9-23)39-17-16-35-12-14-36(15-13-35)30(38)21-4-3-5-24(18-21)34-29(37)27(32)19-22-20-33-28-7-2-1-6-26(22)28/h1-11,18,20,27,33H,12-17,19,32H2,(H,34,37). The lowest BCUT2D eigenvalue weighted by atomic mass is 10.0. The van der Waals surface area contributed by atoms with Crippen LogP contribution >= 0.6 is 11.6 Å². The van der Waals surface area contributed by atoms with Crippen LogP contribution in [0.5, 0.6) is 5.75 Å². The van der Waals surface area contributed by atoms with Gasteiger partial charge in [-0.2, -0.15) is 0 Å². The van der Waals surface area contributed by atoms with Crippen LogP contribution in [-0.2, 0) is 11.2 Å². The highest BCUT2D eigenvalue weighted by Crippen LogP contribution is 2.20. The molecule has 4 aromatic rings. The van der Waals surface area contributed by atoms with Crippen LogP contribution in [0.1, 0.15) is 15.9 Å². The van der Waals surface area contributed by atoms with Crippen molar-refractivity contribution < 1.29 is 14.3 Å². The van der Waals surface area contributed by atoms with Crippen molar-refractivity contribution in [3.8, 4) is 5.75 Å². The highest BCUT2D eigenvalue weighted by molar-refractivity contribution is 6.30. The molecular formula is C30H32ClN5O3. The van der Waals surface area contributed by atoms with Gasteiger partial charge in [0.1, 0.15) is 12.4 Å². The van der Waals surface area contributed by atoms with Crippen LogP contribution < -0.4 is 15.8 Å². The number of fused-ring (bicyclic) bond motifs is 1. The van der Waals surface area contributed by atoms with Crippen LogP contribution in [0, 0.1) is 0 Å². The molecule has 1 aliphatic rings. The second-order valence-electron chi connectivity index (χ2n) is 9.68. The number of halogens is 1. The smallest absolute Gasteiger partial charge is 0.254 e. The summed E-state index contributed by atoms with van der Waals surface area (Å²) in [5, 5.41) is 4.61. The third kappa shape index (κ3) is 6.78. The minimum Gasteiger partial charge on any atom is -0.492 e. The van der Waals surface area contributed by atoms with E-state index in [1.165, 1.54) is 0 Å². The first kappa shape index (κ1) is 26.7. The average Bonchev–Trinajstić information content (AvgIpc) is 3.37. The third-order valence-corrected chi connectivity index (χ3v) is 7.23. The Labute approximate surface area is 232 Å². The second kappa shape index (κ2) is 12.3. The number of carbonyl (C=O) groups is 2. The molecule has 5 rings (SSSR count). The predicted molar refractivity (Wildman–Crippen MR) is 154 cm³/mol. The molecule has 1 aliphatic heterocycles. The summed E-state index contributed by atoms with van der Waals surface area (Å²) < 4.78 is 5.79. The Balaban J connectivity index is 1.10. The quantitative estimate of drug-likeness (QED) is 0.293. The minimum absolute atomic E-state index is 0.0498. The lowest BCUT2D eigenvalue weighted by Gasteiger charge is -2.34. The van der Waals surface area contributed by atoms with E-state index in [-0.39, 0.29) is 11.8 Å². The maximum Gasteiger partial charge on any atom is 0.254 e. The maximum atomic E-state index is 13.2. The topological polar surface area (TPSA) is 104 Å². The molecule has 1 atom stereocenters. The monoisotopic (exact) mass is 545 g/mol. The second-order valence-corrected chi connectivity index (χ2v) is 10.1. The average molecular weight is 546 g/mol. The van der Waals surface area contributed by atoms with E-state index in [2.05, 4.69) is 15.2 Å². The number of H-pyrrole nitrogens is 1. The first-order valence-electron chi connectivity index (χ1n) is 13.1. The molecule has 0 bridgehead atoms. The van der Waals surface area contributed by atoms with Gasteiger partial charge in [-0.15, -0.1) is 0 Å². The van der Waals surface area contributed by atoms with Crippen molar-refractivity contribution in [1.29, 1.82) is 0 Å². The third-order valence-electron chi connectivity index (χ3n) is 6.98. The lowest BCUT2D eigenvalue weighted by molar-refractivity contribution is -0.117. The molecule has 0 aliphatic carbocycles. The van der Waals surface area contributed by atoms with E-state index in [0.29, 0.717) is 42.4 Å². The van der Waals surface area contributed by atoms with Crippen molar-refractivity contribution in [3.63, 3.8) is 0 Å². The van der Waals surface area contributed by atoms with Crippen molar-refractivity contribution in [2.24, 2.45) is 5.73 Å². The number of aromatic nitrogens is 1.